The van der Waals surface area contributed by atoms with Crippen LogP contribution in [-0.4, -0.2) is 42.7 Å². The highest BCUT2D eigenvalue weighted by Gasteiger charge is 2.61. The third-order valence-corrected chi connectivity index (χ3v) is 10.7. The van der Waals surface area contributed by atoms with Crippen molar-refractivity contribution in [3.8, 4) is 5.75 Å². The van der Waals surface area contributed by atoms with Gasteiger partial charge in [-0.2, -0.15) is 30.4 Å². The van der Waals surface area contributed by atoms with Crippen LogP contribution in [0.1, 0.15) is 52.7 Å². The maximum Gasteiger partial charge on any atom is 0.419 e. The van der Waals surface area contributed by atoms with Gasteiger partial charge >= 0.3 is 21.5 Å². The van der Waals surface area contributed by atoms with E-state index in [9.17, 15) is 30.4 Å². The van der Waals surface area contributed by atoms with Gasteiger partial charge in [-0.15, -0.1) is 0 Å². The summed E-state index contributed by atoms with van der Waals surface area (Å²) in [4.78, 5) is 2.47. The zero-order valence-corrected chi connectivity index (χ0v) is 26.5. The Labute approximate surface area is 256 Å². The molecule has 3 aromatic carbocycles. The second-order valence-electron chi connectivity index (χ2n) is 11.9. The summed E-state index contributed by atoms with van der Waals surface area (Å²) in [5.74, 6) is -1.65. The van der Waals surface area contributed by atoms with Crippen LogP contribution in [0.5, 0.6) is 5.75 Å². The summed E-state index contributed by atoms with van der Waals surface area (Å²) in [5.41, 5.74) is -1.04. The van der Waals surface area contributed by atoms with E-state index in [0.717, 1.165) is 34.1 Å². The molecule has 44 heavy (non-hydrogen) atoms. The van der Waals surface area contributed by atoms with Gasteiger partial charge in [0.15, 0.2) is 32.2 Å². The minimum atomic E-state index is -5.69. The minimum Gasteiger partial charge on any atom is -0.483 e. The molecule has 1 aliphatic heterocycles. The predicted octanol–water partition coefficient (Wildman–Crippen LogP) is 7.87. The van der Waals surface area contributed by atoms with Crippen molar-refractivity contribution in [3.63, 3.8) is 0 Å². The van der Waals surface area contributed by atoms with Crippen molar-refractivity contribution < 1.29 is 49.1 Å². The second-order valence-corrected chi connectivity index (χ2v) is 15.5. The van der Waals surface area contributed by atoms with Gasteiger partial charge in [0.1, 0.15) is 5.75 Å². The molecule has 6 nitrogen and oxygen atoms in total. The van der Waals surface area contributed by atoms with E-state index in [-0.39, 0.29) is 11.2 Å². The lowest BCUT2D eigenvalue weighted by atomic mass is 9.87. The monoisotopic (exact) mass is 661 g/mol. The lowest BCUT2D eigenvalue weighted by molar-refractivity contribution is -0.283. The molecule has 1 aliphatic rings. The molecule has 0 saturated carbocycles. The Hall–Kier alpha value is -2.71. The van der Waals surface area contributed by atoms with Gasteiger partial charge in [0.2, 0.25) is 0 Å². The third-order valence-electron chi connectivity index (χ3n) is 7.40. The molecule has 0 aliphatic carbocycles. The predicted molar refractivity (Wildman–Crippen MR) is 156 cm³/mol. The van der Waals surface area contributed by atoms with E-state index in [4.69, 9.17) is 18.8 Å². The first-order valence-corrected chi connectivity index (χ1v) is 16.2. The van der Waals surface area contributed by atoms with Crippen LogP contribution in [0.4, 0.5) is 22.0 Å². The van der Waals surface area contributed by atoms with E-state index in [1.165, 1.54) is 19.1 Å². The Morgan fingerprint density at radius 1 is 0.841 bits per heavy atom. The first-order chi connectivity index (χ1) is 20.1. The largest absolute Gasteiger partial charge is 0.483 e. The van der Waals surface area contributed by atoms with Gasteiger partial charge in [0.25, 0.3) is 0 Å². The molecule has 1 N–H and O–H groups in total. The average Bonchev–Trinajstić information content (AvgIpc) is 3.26. The molecular formula is C31H34F5O6S2+. The highest BCUT2D eigenvalue weighted by molar-refractivity contribution is 7.97. The van der Waals surface area contributed by atoms with Gasteiger partial charge in [-0.1, -0.05) is 32.9 Å². The summed E-state index contributed by atoms with van der Waals surface area (Å²) in [5, 5.41) is -4.52. The smallest absolute Gasteiger partial charge is 0.419 e. The third kappa shape index (κ3) is 6.76. The van der Waals surface area contributed by atoms with Gasteiger partial charge in [-0.05, 0) is 92.4 Å². The molecule has 1 saturated heterocycles. The summed E-state index contributed by atoms with van der Waals surface area (Å²) < 4.78 is 116. The average molecular weight is 662 g/mol. The van der Waals surface area contributed by atoms with Crippen molar-refractivity contribution in [3.05, 3.63) is 83.9 Å². The summed E-state index contributed by atoms with van der Waals surface area (Å²) in [7, 11) is -6.44. The fourth-order valence-corrected chi connectivity index (χ4v) is 7.08. The van der Waals surface area contributed by atoms with Crippen LogP contribution in [0.25, 0.3) is 0 Å². The zero-order valence-electron chi connectivity index (χ0n) is 24.9. The molecule has 0 spiro atoms. The standard InChI is InChI=1S/C31H33F5O6S2/c1-20(30(32,33)44(37,38)39)41-23-11-17-26(18-12-23)43(24-13-7-21(8-14-24)27(2,3)4)25-15-9-22(10-16-25)29(6)40-19-28(5,42-29)31(34,35)36/h7-18,20H,19H2,1-6H3/p+1. The van der Waals surface area contributed by atoms with Crippen LogP contribution in [0, 0.1) is 0 Å². The zero-order chi connectivity index (χ0) is 32.9. The second kappa shape index (κ2) is 11.6. The molecule has 0 radical (unpaired) electrons. The minimum absolute atomic E-state index is 0.0391. The normalized spacial score (nSPS) is 22.9. The number of halogens is 5. The van der Waals surface area contributed by atoms with Crippen LogP contribution >= 0.6 is 0 Å². The van der Waals surface area contributed by atoms with Gasteiger partial charge in [-0.3, -0.25) is 4.55 Å². The summed E-state index contributed by atoms with van der Waals surface area (Å²) in [6.45, 7) is 8.83. The number of hydrogen-bond donors (Lipinski definition) is 1. The van der Waals surface area contributed by atoms with Gasteiger partial charge in [-0.25, -0.2) is 0 Å². The van der Waals surface area contributed by atoms with E-state index in [2.05, 4.69) is 20.8 Å². The van der Waals surface area contributed by atoms with E-state index in [1.54, 1.807) is 36.4 Å². The van der Waals surface area contributed by atoms with Gasteiger partial charge in [0.05, 0.1) is 17.5 Å². The van der Waals surface area contributed by atoms with Crippen molar-refractivity contribution in [1.29, 1.82) is 0 Å². The highest BCUT2D eigenvalue weighted by atomic mass is 32.2. The maximum atomic E-state index is 14.0. The molecule has 0 bridgehead atoms. The molecule has 4 rings (SSSR count). The Kier molecular flexibility index (Phi) is 8.99. The molecule has 0 amide bonds. The van der Waals surface area contributed by atoms with E-state index >= 15 is 0 Å². The Bertz CT molecular complexity index is 1570. The van der Waals surface area contributed by atoms with Crippen LogP contribution in [0.15, 0.2) is 87.5 Å². The molecule has 1 fully saturated rings. The highest BCUT2D eigenvalue weighted by Crippen LogP contribution is 2.47. The summed E-state index contributed by atoms with van der Waals surface area (Å²) >= 11 is 0. The lowest BCUT2D eigenvalue weighted by Crippen LogP contribution is -2.45. The van der Waals surface area contributed by atoms with Crippen LogP contribution in [0.3, 0.4) is 0 Å². The van der Waals surface area contributed by atoms with E-state index < -0.39 is 56.5 Å². The Morgan fingerprint density at radius 2 is 1.30 bits per heavy atom. The van der Waals surface area contributed by atoms with Crippen molar-refractivity contribution >= 4 is 21.0 Å². The maximum absolute atomic E-state index is 14.0. The molecule has 4 unspecified atom stereocenters. The number of benzene rings is 3. The topological polar surface area (TPSA) is 82.1 Å². The fourth-order valence-electron chi connectivity index (χ4n) is 4.58. The van der Waals surface area contributed by atoms with Crippen molar-refractivity contribution in [1.82, 2.24) is 0 Å². The number of hydrogen-bond acceptors (Lipinski definition) is 5. The Morgan fingerprint density at radius 3 is 1.70 bits per heavy atom. The first kappa shape index (κ1) is 34.2. The summed E-state index contributed by atoms with van der Waals surface area (Å²) in [6.07, 6.45) is -6.79. The Balaban J connectivity index is 1.68. The SMILES string of the molecule is CC(Oc1ccc([S+](c2ccc(C(C)(C)C)cc2)c2ccc(C3(C)OCC(C)(C(F)(F)F)O3)cc2)cc1)C(F)(F)S(=O)(=O)O. The number of ether oxygens (including phenoxy) is 3. The fraction of sp³-hybridized carbons (Fsp3) is 0.419. The molecule has 1 heterocycles. The van der Waals surface area contributed by atoms with Crippen LogP contribution in [-0.2, 0) is 41.7 Å². The van der Waals surface area contributed by atoms with Crippen molar-refractivity contribution in [2.24, 2.45) is 0 Å². The summed E-state index contributed by atoms with van der Waals surface area (Å²) in [6, 6.07) is 21.0. The van der Waals surface area contributed by atoms with E-state index in [0.29, 0.717) is 5.56 Å². The molecule has 0 aromatic heterocycles. The van der Waals surface area contributed by atoms with Crippen molar-refractivity contribution in [2.45, 2.75) is 90.6 Å². The van der Waals surface area contributed by atoms with E-state index in [1.807, 2.05) is 24.3 Å². The quantitative estimate of drug-likeness (QED) is 0.150. The molecular weight excluding hydrogens is 627 g/mol. The molecule has 240 valence electrons. The van der Waals surface area contributed by atoms with Crippen LogP contribution in [0.2, 0.25) is 0 Å². The first-order valence-electron chi connectivity index (χ1n) is 13.6. The number of rotatable bonds is 8. The molecule has 13 heteroatoms. The van der Waals surface area contributed by atoms with Crippen molar-refractivity contribution in [2.75, 3.05) is 6.61 Å². The van der Waals surface area contributed by atoms with Gasteiger partial charge in [0, 0.05) is 5.56 Å². The van der Waals surface area contributed by atoms with Gasteiger partial charge < -0.3 is 14.2 Å². The van der Waals surface area contributed by atoms with Crippen LogP contribution < -0.4 is 4.74 Å². The molecule has 3 aromatic rings. The molecule has 4 atom stereocenters. The number of alkyl halides is 5. The lowest BCUT2D eigenvalue weighted by Gasteiger charge is -2.29.